The van der Waals surface area contributed by atoms with Crippen LogP contribution in [0.5, 0.6) is 0 Å². The standard InChI is InChI=1S/C23H27FN6O2/c1-14(2)22(17-5-8-19(24)9-6-17)27-21(31)13-32-29-23(25)18-7-10-20(26-12-18)30-16(4)11-15(3)28-30/h5-12,14,22H,13H2,1-4H3,(H2,25,29)(H,27,31). The molecule has 1 atom stereocenters. The summed E-state index contributed by atoms with van der Waals surface area (Å²) >= 11 is 0. The average molecular weight is 439 g/mol. The van der Waals surface area contributed by atoms with Gasteiger partial charge in [-0.2, -0.15) is 5.10 Å². The van der Waals surface area contributed by atoms with Crippen LogP contribution in [0.15, 0.2) is 53.8 Å². The normalized spacial score (nSPS) is 12.6. The van der Waals surface area contributed by atoms with Gasteiger partial charge in [0.25, 0.3) is 5.91 Å². The third kappa shape index (κ3) is 5.69. The first-order valence-electron chi connectivity index (χ1n) is 10.2. The van der Waals surface area contributed by atoms with Crippen LogP contribution in [0.3, 0.4) is 0 Å². The maximum atomic E-state index is 13.2. The largest absolute Gasteiger partial charge is 0.384 e. The molecule has 3 N–H and O–H groups in total. The summed E-state index contributed by atoms with van der Waals surface area (Å²) in [4.78, 5) is 21.8. The highest BCUT2D eigenvalue weighted by atomic mass is 19.1. The molecule has 2 heterocycles. The van der Waals surface area contributed by atoms with Gasteiger partial charge in [-0.1, -0.05) is 31.1 Å². The third-order valence-electron chi connectivity index (χ3n) is 4.84. The minimum absolute atomic E-state index is 0.101. The average Bonchev–Trinajstić information content (AvgIpc) is 3.10. The minimum Gasteiger partial charge on any atom is -0.384 e. The second kappa shape index (κ2) is 10.0. The number of aryl methyl sites for hydroxylation is 2. The summed E-state index contributed by atoms with van der Waals surface area (Å²) in [5.74, 6) is 0.178. The van der Waals surface area contributed by atoms with Crippen LogP contribution in [-0.2, 0) is 9.63 Å². The fourth-order valence-corrected chi connectivity index (χ4v) is 3.26. The number of rotatable bonds is 8. The highest BCUT2D eigenvalue weighted by Gasteiger charge is 2.18. The van der Waals surface area contributed by atoms with Crippen LogP contribution in [0.1, 0.15) is 42.4 Å². The van der Waals surface area contributed by atoms with E-state index in [-0.39, 0.29) is 36.1 Å². The van der Waals surface area contributed by atoms with Crippen LogP contribution in [0.2, 0.25) is 0 Å². The number of nitrogens with two attached hydrogens (primary N) is 1. The lowest BCUT2D eigenvalue weighted by Gasteiger charge is -2.22. The van der Waals surface area contributed by atoms with Crippen LogP contribution in [0.4, 0.5) is 4.39 Å². The van der Waals surface area contributed by atoms with E-state index >= 15 is 0 Å². The van der Waals surface area contributed by atoms with Gasteiger partial charge in [-0.3, -0.25) is 4.79 Å². The number of amides is 1. The van der Waals surface area contributed by atoms with Gasteiger partial charge in [-0.25, -0.2) is 14.1 Å². The Hall–Kier alpha value is -3.75. The van der Waals surface area contributed by atoms with Crippen molar-refractivity contribution < 1.29 is 14.0 Å². The van der Waals surface area contributed by atoms with Crippen molar-refractivity contribution in [1.82, 2.24) is 20.1 Å². The summed E-state index contributed by atoms with van der Waals surface area (Å²) in [6, 6.07) is 11.3. The van der Waals surface area contributed by atoms with E-state index in [2.05, 4.69) is 20.6 Å². The molecule has 0 bridgehead atoms. The number of hydrogen-bond acceptors (Lipinski definition) is 5. The molecule has 1 aromatic carbocycles. The summed E-state index contributed by atoms with van der Waals surface area (Å²) in [6.07, 6.45) is 1.57. The van der Waals surface area contributed by atoms with Crippen molar-refractivity contribution in [1.29, 1.82) is 0 Å². The Kier molecular flexibility index (Phi) is 7.19. The quantitative estimate of drug-likeness (QED) is 0.319. The van der Waals surface area contributed by atoms with Crippen molar-refractivity contribution in [3.05, 3.63) is 77.0 Å². The van der Waals surface area contributed by atoms with Crippen molar-refractivity contribution in [2.75, 3.05) is 6.61 Å². The van der Waals surface area contributed by atoms with E-state index in [4.69, 9.17) is 10.6 Å². The topological polar surface area (TPSA) is 107 Å². The molecule has 9 heteroatoms. The Morgan fingerprint density at radius 2 is 1.94 bits per heavy atom. The number of aromatic nitrogens is 3. The molecule has 8 nitrogen and oxygen atoms in total. The van der Waals surface area contributed by atoms with Crippen LogP contribution in [0, 0.1) is 25.6 Å². The maximum Gasteiger partial charge on any atom is 0.261 e. The Bertz CT molecular complexity index is 1090. The van der Waals surface area contributed by atoms with Crippen molar-refractivity contribution in [2.45, 2.75) is 33.7 Å². The summed E-state index contributed by atoms with van der Waals surface area (Å²) in [7, 11) is 0. The van der Waals surface area contributed by atoms with Crippen molar-refractivity contribution >= 4 is 11.7 Å². The summed E-state index contributed by atoms with van der Waals surface area (Å²) in [5.41, 5.74) is 9.20. The van der Waals surface area contributed by atoms with Crippen molar-refractivity contribution in [3.63, 3.8) is 0 Å². The maximum absolute atomic E-state index is 13.2. The first kappa shape index (κ1) is 22.9. The van der Waals surface area contributed by atoms with Gasteiger partial charge in [-0.15, -0.1) is 0 Å². The number of benzene rings is 1. The van der Waals surface area contributed by atoms with Gasteiger partial charge in [0, 0.05) is 17.5 Å². The molecule has 1 amide bonds. The van der Waals surface area contributed by atoms with E-state index < -0.39 is 0 Å². The molecule has 168 valence electrons. The molecule has 3 rings (SSSR count). The molecule has 2 aromatic heterocycles. The lowest BCUT2D eigenvalue weighted by molar-refractivity contribution is -0.126. The zero-order valence-corrected chi connectivity index (χ0v) is 18.5. The SMILES string of the molecule is Cc1cc(C)n(-c2ccc(/C(N)=N\OCC(=O)NC(c3ccc(F)cc3)C(C)C)cn2)n1. The molecule has 1 unspecified atom stereocenters. The van der Waals surface area contributed by atoms with E-state index in [1.165, 1.54) is 12.1 Å². The fraction of sp³-hybridized carbons (Fsp3) is 0.304. The second-order valence-electron chi connectivity index (χ2n) is 7.83. The number of nitrogens with one attached hydrogen (secondary N) is 1. The smallest absolute Gasteiger partial charge is 0.261 e. The number of pyridine rings is 1. The molecule has 0 aliphatic carbocycles. The van der Waals surface area contributed by atoms with Crippen LogP contribution in [-0.4, -0.2) is 33.1 Å². The van der Waals surface area contributed by atoms with Gasteiger partial charge in [-0.05, 0) is 55.7 Å². The predicted octanol–water partition coefficient (Wildman–Crippen LogP) is 3.17. The van der Waals surface area contributed by atoms with E-state index in [0.29, 0.717) is 11.4 Å². The highest BCUT2D eigenvalue weighted by Crippen LogP contribution is 2.21. The van der Waals surface area contributed by atoms with Gasteiger partial charge < -0.3 is 15.9 Å². The Balaban J connectivity index is 1.58. The number of hydrogen-bond donors (Lipinski definition) is 2. The highest BCUT2D eigenvalue weighted by molar-refractivity contribution is 5.96. The number of carbonyl (C=O) groups excluding carboxylic acids is 1. The number of carbonyl (C=O) groups is 1. The first-order valence-corrected chi connectivity index (χ1v) is 10.2. The molecule has 0 spiro atoms. The van der Waals surface area contributed by atoms with E-state index in [9.17, 15) is 9.18 Å². The Morgan fingerprint density at radius 3 is 2.50 bits per heavy atom. The van der Waals surface area contributed by atoms with Gasteiger partial charge in [0.2, 0.25) is 0 Å². The van der Waals surface area contributed by atoms with Crippen LogP contribution >= 0.6 is 0 Å². The van der Waals surface area contributed by atoms with E-state index in [0.717, 1.165) is 17.0 Å². The number of oxime groups is 1. The summed E-state index contributed by atoms with van der Waals surface area (Å²) in [5, 5.41) is 11.1. The Labute approximate surface area is 186 Å². The zero-order valence-electron chi connectivity index (χ0n) is 18.5. The molecule has 0 aliphatic rings. The molecule has 32 heavy (non-hydrogen) atoms. The van der Waals surface area contributed by atoms with Gasteiger partial charge in [0.15, 0.2) is 18.3 Å². The van der Waals surface area contributed by atoms with Crippen molar-refractivity contribution in [3.8, 4) is 5.82 Å². The van der Waals surface area contributed by atoms with Gasteiger partial charge >= 0.3 is 0 Å². The molecule has 0 aliphatic heterocycles. The summed E-state index contributed by atoms with van der Waals surface area (Å²) < 4.78 is 14.9. The van der Waals surface area contributed by atoms with E-state index in [1.807, 2.05) is 33.8 Å². The second-order valence-corrected chi connectivity index (χ2v) is 7.83. The molecular formula is C23H27FN6O2. The molecule has 0 saturated heterocycles. The van der Waals surface area contributed by atoms with Crippen LogP contribution < -0.4 is 11.1 Å². The number of amidine groups is 1. The Morgan fingerprint density at radius 1 is 1.22 bits per heavy atom. The number of halogens is 1. The number of nitrogens with zero attached hydrogens (tertiary/aromatic N) is 4. The van der Waals surface area contributed by atoms with Gasteiger partial charge in [0.05, 0.1) is 11.7 Å². The van der Waals surface area contributed by atoms with Crippen LogP contribution in [0.25, 0.3) is 5.82 Å². The molecule has 0 fully saturated rings. The molecule has 0 saturated carbocycles. The van der Waals surface area contributed by atoms with Gasteiger partial charge in [0.1, 0.15) is 5.82 Å². The zero-order chi connectivity index (χ0) is 23.3. The predicted molar refractivity (Wildman–Crippen MR) is 120 cm³/mol. The van der Waals surface area contributed by atoms with Crippen molar-refractivity contribution in [2.24, 2.45) is 16.8 Å². The summed E-state index contributed by atoms with van der Waals surface area (Å²) in [6.45, 7) is 7.49. The fourth-order valence-electron chi connectivity index (χ4n) is 3.26. The first-order chi connectivity index (χ1) is 15.2. The lowest BCUT2D eigenvalue weighted by atomic mass is 9.96. The molecule has 0 radical (unpaired) electrons. The third-order valence-corrected chi connectivity index (χ3v) is 4.84. The monoisotopic (exact) mass is 438 g/mol. The molecule has 3 aromatic rings. The van der Waals surface area contributed by atoms with E-state index in [1.54, 1.807) is 35.1 Å². The minimum atomic E-state index is -0.359. The lowest BCUT2D eigenvalue weighted by Crippen LogP contribution is -2.34. The molecular weight excluding hydrogens is 411 g/mol.